The Bertz CT molecular complexity index is 511. The maximum absolute atomic E-state index is 10.7. The predicted octanol–water partition coefficient (Wildman–Crippen LogP) is 1.95. The molecule has 1 heterocycles. The highest BCUT2D eigenvalue weighted by Gasteiger charge is 2.17. The van der Waals surface area contributed by atoms with Gasteiger partial charge in [-0.15, -0.1) is 11.3 Å². The van der Waals surface area contributed by atoms with Crippen LogP contribution in [0.5, 0.6) is 0 Å². The van der Waals surface area contributed by atoms with E-state index in [0.29, 0.717) is 5.69 Å². The van der Waals surface area contributed by atoms with Gasteiger partial charge in [0.2, 0.25) is 0 Å². The van der Waals surface area contributed by atoms with Crippen molar-refractivity contribution in [3.63, 3.8) is 0 Å². The van der Waals surface area contributed by atoms with E-state index >= 15 is 0 Å². The van der Waals surface area contributed by atoms with Gasteiger partial charge in [-0.2, -0.15) is 0 Å². The molecule has 2 rings (SSSR count). The summed E-state index contributed by atoms with van der Waals surface area (Å²) in [6.45, 7) is 0.170. The number of benzene rings is 1. The lowest BCUT2D eigenvalue weighted by atomic mass is 9.97. The lowest BCUT2D eigenvalue weighted by Gasteiger charge is -2.15. The molecule has 0 saturated carbocycles. The molecule has 6 heteroatoms. The van der Waals surface area contributed by atoms with Crippen molar-refractivity contribution in [2.45, 2.75) is 5.92 Å². The molecule has 0 saturated heterocycles. The van der Waals surface area contributed by atoms with Gasteiger partial charge in [-0.05, 0) is 17.7 Å². The second-order valence-electron chi connectivity index (χ2n) is 3.76. The molecular weight excluding hydrogens is 250 g/mol. The van der Waals surface area contributed by atoms with Crippen LogP contribution in [0, 0.1) is 0 Å². The number of nitrogens with zero attached hydrogens (tertiary/aromatic N) is 1. The van der Waals surface area contributed by atoms with Gasteiger partial charge in [0.15, 0.2) is 0 Å². The number of carbonyl (C=O) groups excluding carboxylic acids is 1. The largest absolute Gasteiger partial charge is 0.449 e. The molecule has 0 aliphatic heterocycles. The second kappa shape index (κ2) is 5.50. The van der Waals surface area contributed by atoms with Crippen molar-refractivity contribution >= 4 is 23.1 Å². The summed E-state index contributed by atoms with van der Waals surface area (Å²) in [6, 6.07) is 7.39. The number of hydrogen-bond acceptors (Lipinski definition) is 5. The molecule has 1 aromatic carbocycles. The number of anilines is 1. The molecule has 1 amide bonds. The molecule has 0 bridgehead atoms. The summed E-state index contributed by atoms with van der Waals surface area (Å²) >= 11 is 1.49. The lowest BCUT2D eigenvalue weighted by Crippen LogP contribution is -2.18. The Balaban J connectivity index is 2.24. The highest BCUT2D eigenvalue weighted by atomic mass is 32.1. The minimum atomic E-state index is -0.786. The Morgan fingerprint density at radius 3 is 2.67 bits per heavy atom. The number of thiazole rings is 1. The monoisotopic (exact) mass is 263 g/mol. The summed E-state index contributed by atoms with van der Waals surface area (Å²) in [6.07, 6.45) is -0.786. The topological polar surface area (TPSA) is 91.2 Å². The average Bonchev–Trinajstić information content (AvgIpc) is 2.85. The molecule has 94 valence electrons. The Kier molecular flexibility index (Phi) is 3.78. The summed E-state index contributed by atoms with van der Waals surface area (Å²) in [5, 5.41) is 1.92. The van der Waals surface area contributed by atoms with Crippen molar-refractivity contribution in [2.24, 2.45) is 5.73 Å². The number of carbonyl (C=O) groups is 1. The molecule has 1 unspecified atom stereocenters. The third-order valence-corrected chi connectivity index (χ3v) is 3.14. The Labute approximate surface area is 108 Å². The van der Waals surface area contributed by atoms with Crippen LogP contribution in [-0.2, 0) is 4.74 Å². The molecule has 0 aliphatic carbocycles. The van der Waals surface area contributed by atoms with Crippen LogP contribution in [0.25, 0.3) is 0 Å². The van der Waals surface area contributed by atoms with E-state index in [1.807, 2.05) is 17.5 Å². The maximum atomic E-state index is 10.7. The van der Waals surface area contributed by atoms with Crippen LogP contribution in [-0.4, -0.2) is 17.7 Å². The molecule has 18 heavy (non-hydrogen) atoms. The fraction of sp³-hybridized carbons (Fsp3) is 0.167. The van der Waals surface area contributed by atoms with Crippen molar-refractivity contribution in [1.82, 2.24) is 4.98 Å². The molecule has 1 atom stereocenters. The Hall–Kier alpha value is -2.08. The van der Waals surface area contributed by atoms with Gasteiger partial charge in [0, 0.05) is 11.1 Å². The first-order valence-electron chi connectivity index (χ1n) is 5.32. The molecule has 0 fully saturated rings. The third kappa shape index (κ3) is 2.98. The van der Waals surface area contributed by atoms with Crippen LogP contribution in [0.1, 0.15) is 17.2 Å². The molecule has 5 nitrogen and oxygen atoms in total. The van der Waals surface area contributed by atoms with E-state index in [2.05, 4.69) is 4.98 Å². The third-order valence-electron chi connectivity index (χ3n) is 2.54. The van der Waals surface area contributed by atoms with Crippen LogP contribution < -0.4 is 11.5 Å². The Morgan fingerprint density at radius 1 is 1.39 bits per heavy atom. The number of rotatable bonds is 4. The van der Waals surface area contributed by atoms with Gasteiger partial charge < -0.3 is 16.2 Å². The normalized spacial score (nSPS) is 12.0. The van der Waals surface area contributed by atoms with Gasteiger partial charge >= 0.3 is 6.09 Å². The minimum absolute atomic E-state index is 0.121. The zero-order valence-electron chi connectivity index (χ0n) is 9.58. The van der Waals surface area contributed by atoms with Gasteiger partial charge in [0.1, 0.15) is 6.61 Å². The van der Waals surface area contributed by atoms with Gasteiger partial charge in [-0.3, -0.25) is 0 Å². The van der Waals surface area contributed by atoms with E-state index in [9.17, 15) is 4.79 Å². The van der Waals surface area contributed by atoms with Crippen molar-refractivity contribution in [1.29, 1.82) is 0 Å². The SMILES string of the molecule is NC(=O)OCC(c1ccc(N)cc1)c1cscn1. The van der Waals surface area contributed by atoms with E-state index in [0.717, 1.165) is 11.3 Å². The van der Waals surface area contributed by atoms with Gasteiger partial charge in [-0.25, -0.2) is 9.78 Å². The lowest BCUT2D eigenvalue weighted by molar-refractivity contribution is 0.152. The molecule has 0 spiro atoms. The molecule has 0 aliphatic rings. The van der Waals surface area contributed by atoms with Crippen LogP contribution in [0.4, 0.5) is 10.5 Å². The molecule has 2 aromatic rings. The standard InChI is InChI=1S/C12H13N3O2S/c13-9-3-1-8(2-4-9)10(5-17-12(14)16)11-6-18-7-15-11/h1-4,6-7,10H,5,13H2,(H2,14,16). The Morgan fingerprint density at radius 2 is 2.11 bits per heavy atom. The van der Waals surface area contributed by atoms with Crippen LogP contribution in [0.15, 0.2) is 35.2 Å². The highest BCUT2D eigenvalue weighted by Crippen LogP contribution is 2.25. The first kappa shape index (κ1) is 12.4. The number of amides is 1. The van der Waals surface area contributed by atoms with Crippen molar-refractivity contribution in [3.8, 4) is 0 Å². The van der Waals surface area contributed by atoms with Crippen molar-refractivity contribution < 1.29 is 9.53 Å². The van der Waals surface area contributed by atoms with E-state index in [-0.39, 0.29) is 12.5 Å². The summed E-state index contributed by atoms with van der Waals surface area (Å²) in [5.74, 6) is -0.121. The van der Waals surface area contributed by atoms with Gasteiger partial charge in [0.05, 0.1) is 17.1 Å². The van der Waals surface area contributed by atoms with Crippen LogP contribution in [0.3, 0.4) is 0 Å². The van der Waals surface area contributed by atoms with E-state index in [1.54, 1.807) is 17.6 Å². The molecule has 1 aromatic heterocycles. The minimum Gasteiger partial charge on any atom is -0.449 e. The number of primary amides is 1. The van der Waals surface area contributed by atoms with Gasteiger partial charge in [-0.1, -0.05) is 12.1 Å². The zero-order valence-corrected chi connectivity index (χ0v) is 10.4. The highest BCUT2D eigenvalue weighted by molar-refractivity contribution is 7.07. The summed E-state index contributed by atoms with van der Waals surface area (Å²) in [5.41, 5.74) is 14.9. The first-order chi connectivity index (χ1) is 8.66. The number of aromatic nitrogens is 1. The molecule has 0 radical (unpaired) electrons. The smallest absolute Gasteiger partial charge is 0.404 e. The van der Waals surface area contributed by atoms with E-state index in [4.69, 9.17) is 16.2 Å². The predicted molar refractivity (Wildman–Crippen MR) is 70.3 cm³/mol. The van der Waals surface area contributed by atoms with Crippen LogP contribution in [0.2, 0.25) is 0 Å². The fourth-order valence-electron chi connectivity index (χ4n) is 1.64. The maximum Gasteiger partial charge on any atom is 0.404 e. The molecular formula is C12H13N3O2S. The summed E-state index contributed by atoms with van der Waals surface area (Å²) in [4.78, 5) is 15.0. The van der Waals surface area contributed by atoms with E-state index < -0.39 is 6.09 Å². The van der Waals surface area contributed by atoms with Crippen LogP contribution >= 0.6 is 11.3 Å². The van der Waals surface area contributed by atoms with Crippen molar-refractivity contribution in [2.75, 3.05) is 12.3 Å². The first-order valence-corrected chi connectivity index (χ1v) is 6.27. The van der Waals surface area contributed by atoms with Gasteiger partial charge in [0.25, 0.3) is 0 Å². The average molecular weight is 263 g/mol. The summed E-state index contributed by atoms with van der Waals surface area (Å²) < 4.78 is 4.88. The number of nitrogens with two attached hydrogens (primary N) is 2. The zero-order chi connectivity index (χ0) is 13.0. The number of hydrogen-bond donors (Lipinski definition) is 2. The number of nitrogen functional groups attached to an aromatic ring is 1. The fourth-order valence-corrected chi connectivity index (χ4v) is 2.25. The van der Waals surface area contributed by atoms with E-state index in [1.165, 1.54) is 11.3 Å². The second-order valence-corrected chi connectivity index (χ2v) is 4.48. The summed E-state index contributed by atoms with van der Waals surface area (Å²) in [7, 11) is 0. The number of ether oxygens (including phenoxy) is 1. The quantitative estimate of drug-likeness (QED) is 0.825. The molecule has 4 N–H and O–H groups in total. The van der Waals surface area contributed by atoms with Crippen molar-refractivity contribution in [3.05, 3.63) is 46.4 Å².